The normalized spacial score (nSPS) is 25.2. The van der Waals surface area contributed by atoms with Gasteiger partial charge in [0.05, 0.1) is 6.04 Å². The Hall–Kier alpha value is -1.98. The molecule has 0 bridgehead atoms. The smallest absolute Gasteiger partial charge is 0.414 e. The van der Waals surface area contributed by atoms with Gasteiger partial charge in [0, 0.05) is 6.54 Å². The van der Waals surface area contributed by atoms with Crippen LogP contribution in [-0.4, -0.2) is 41.3 Å². The van der Waals surface area contributed by atoms with Crippen LogP contribution in [0.5, 0.6) is 0 Å². The largest absolute Gasteiger partial charge is 0.444 e. The van der Waals surface area contributed by atoms with Crippen LogP contribution in [-0.2, 0) is 4.74 Å². The molecule has 2 heterocycles. The van der Waals surface area contributed by atoms with Crippen LogP contribution in [0, 0.1) is 0 Å². The van der Waals surface area contributed by atoms with Crippen LogP contribution in [0.25, 0.3) is 0 Å². The van der Waals surface area contributed by atoms with E-state index >= 15 is 0 Å². The van der Waals surface area contributed by atoms with Gasteiger partial charge in [0.25, 0.3) is 0 Å². The molecule has 0 radical (unpaired) electrons. The fourth-order valence-electron chi connectivity index (χ4n) is 2.00. The highest BCUT2D eigenvalue weighted by Gasteiger charge is 2.33. The second-order valence-electron chi connectivity index (χ2n) is 5.50. The van der Waals surface area contributed by atoms with Crippen molar-refractivity contribution in [2.24, 2.45) is 4.99 Å². The first-order valence-electron chi connectivity index (χ1n) is 6.28. The Balaban J connectivity index is 1.98. The summed E-state index contributed by atoms with van der Waals surface area (Å²) < 4.78 is 5.18. The van der Waals surface area contributed by atoms with E-state index in [-0.39, 0.29) is 12.2 Å². The number of hydrogen-bond acceptors (Lipinski definition) is 5. The molecule has 104 valence electrons. The van der Waals surface area contributed by atoms with E-state index in [1.165, 1.54) is 0 Å². The number of carbonyl (C=O) groups excluding carboxylic acids is 1. The number of fused-ring (bicyclic) bond motifs is 1. The second kappa shape index (κ2) is 4.95. The third-order valence-corrected chi connectivity index (χ3v) is 2.74. The average Bonchev–Trinajstić information content (AvgIpc) is 2.67. The molecular formula is C13H20N4O2. The highest BCUT2D eigenvalue weighted by atomic mass is 16.6. The van der Waals surface area contributed by atoms with Gasteiger partial charge in [-0.2, -0.15) is 0 Å². The van der Waals surface area contributed by atoms with Crippen LogP contribution in [0.1, 0.15) is 20.8 Å². The van der Waals surface area contributed by atoms with Crippen LogP contribution in [0.15, 0.2) is 29.9 Å². The molecule has 2 aliphatic rings. The Labute approximate surface area is 113 Å². The third-order valence-electron chi connectivity index (χ3n) is 2.74. The molecule has 2 unspecified atom stereocenters. The minimum Gasteiger partial charge on any atom is -0.444 e. The van der Waals surface area contributed by atoms with Crippen molar-refractivity contribution in [2.45, 2.75) is 38.6 Å². The molecule has 0 saturated carbocycles. The number of amides is 1. The summed E-state index contributed by atoms with van der Waals surface area (Å²) in [5.41, 5.74) is -0.525. The van der Waals surface area contributed by atoms with E-state index in [0.717, 1.165) is 6.54 Å². The van der Waals surface area contributed by atoms with Crippen molar-refractivity contribution in [1.82, 2.24) is 15.5 Å². The van der Waals surface area contributed by atoms with Crippen LogP contribution in [0.4, 0.5) is 4.79 Å². The predicted molar refractivity (Wildman–Crippen MR) is 73.6 cm³/mol. The molecule has 0 aromatic rings. The number of hydrogen-bond donors (Lipinski definition) is 2. The van der Waals surface area contributed by atoms with Gasteiger partial charge in [0.2, 0.25) is 5.96 Å². The Morgan fingerprint density at radius 3 is 3.05 bits per heavy atom. The summed E-state index contributed by atoms with van der Waals surface area (Å²) in [6.45, 7) is 9.99. The molecule has 0 saturated heterocycles. The molecule has 19 heavy (non-hydrogen) atoms. The topological polar surface area (TPSA) is 66.0 Å². The van der Waals surface area contributed by atoms with Crippen LogP contribution in [0.2, 0.25) is 0 Å². The molecular weight excluding hydrogens is 244 g/mol. The van der Waals surface area contributed by atoms with Crippen molar-refractivity contribution in [1.29, 1.82) is 0 Å². The fourth-order valence-corrected chi connectivity index (χ4v) is 2.00. The standard InChI is InChI=1S/C13H20N4O2/c1-5-17-8-6-7-9-10(17)15-11(14-9)16-12(18)19-13(2,3)4/h5-7,9-10H,1,8H2,2-4H3,(H2,14,15,16,18). The molecule has 2 atom stereocenters. The molecule has 2 rings (SSSR count). The SMILES string of the molecule is C=CN1CC=CC2NC(NC(=O)OC(C)(C)C)=NC21. The third kappa shape index (κ3) is 3.27. The van der Waals surface area contributed by atoms with E-state index in [1.807, 2.05) is 37.8 Å². The minimum absolute atomic E-state index is 0.0525. The van der Waals surface area contributed by atoms with Crippen LogP contribution >= 0.6 is 0 Å². The van der Waals surface area contributed by atoms with E-state index in [1.54, 1.807) is 6.20 Å². The Bertz CT molecular complexity index is 436. The number of aliphatic imine (C=N–C) groups is 1. The maximum Gasteiger partial charge on any atom is 0.414 e. The molecule has 2 aliphatic heterocycles. The summed E-state index contributed by atoms with van der Waals surface area (Å²) in [6.07, 6.45) is 5.27. The summed E-state index contributed by atoms with van der Waals surface area (Å²) in [5.74, 6) is 0.433. The number of nitrogens with zero attached hydrogens (tertiary/aromatic N) is 2. The van der Waals surface area contributed by atoms with Crippen molar-refractivity contribution >= 4 is 12.1 Å². The number of rotatable bonds is 1. The molecule has 0 fully saturated rings. The first-order valence-corrected chi connectivity index (χ1v) is 6.28. The Morgan fingerprint density at radius 2 is 2.42 bits per heavy atom. The lowest BCUT2D eigenvalue weighted by Crippen LogP contribution is -2.47. The average molecular weight is 264 g/mol. The van der Waals surface area contributed by atoms with Crippen molar-refractivity contribution in [3.8, 4) is 0 Å². The zero-order chi connectivity index (χ0) is 14.0. The van der Waals surface area contributed by atoms with Gasteiger partial charge < -0.3 is 15.0 Å². The highest BCUT2D eigenvalue weighted by molar-refractivity contribution is 5.95. The second-order valence-corrected chi connectivity index (χ2v) is 5.50. The molecule has 0 aromatic heterocycles. The first-order chi connectivity index (χ1) is 8.89. The van der Waals surface area contributed by atoms with Gasteiger partial charge in [-0.15, -0.1) is 0 Å². The van der Waals surface area contributed by atoms with Crippen LogP contribution < -0.4 is 10.6 Å². The number of ether oxygens (including phenoxy) is 1. The quantitative estimate of drug-likeness (QED) is 0.698. The van der Waals surface area contributed by atoms with Crippen molar-refractivity contribution < 1.29 is 9.53 Å². The van der Waals surface area contributed by atoms with Gasteiger partial charge in [-0.05, 0) is 27.0 Å². The molecule has 0 aliphatic carbocycles. The van der Waals surface area contributed by atoms with Crippen molar-refractivity contribution in [3.63, 3.8) is 0 Å². The molecule has 1 amide bonds. The van der Waals surface area contributed by atoms with Crippen molar-refractivity contribution in [2.75, 3.05) is 6.54 Å². The minimum atomic E-state index is -0.525. The van der Waals surface area contributed by atoms with Crippen LogP contribution in [0.3, 0.4) is 0 Å². The van der Waals surface area contributed by atoms with Gasteiger partial charge in [0.1, 0.15) is 11.8 Å². The Morgan fingerprint density at radius 1 is 1.68 bits per heavy atom. The first kappa shape index (κ1) is 13.5. The van der Waals surface area contributed by atoms with E-state index in [9.17, 15) is 4.79 Å². The van der Waals surface area contributed by atoms with Gasteiger partial charge in [-0.1, -0.05) is 18.7 Å². The zero-order valence-electron chi connectivity index (χ0n) is 11.5. The van der Waals surface area contributed by atoms with Gasteiger partial charge in [-0.3, -0.25) is 5.32 Å². The van der Waals surface area contributed by atoms with Gasteiger partial charge in [-0.25, -0.2) is 9.79 Å². The van der Waals surface area contributed by atoms with Gasteiger partial charge >= 0.3 is 6.09 Å². The summed E-state index contributed by atoms with van der Waals surface area (Å²) >= 11 is 0. The number of guanidine groups is 1. The Kier molecular flexibility index (Phi) is 3.50. The summed E-state index contributed by atoms with van der Waals surface area (Å²) in [4.78, 5) is 18.1. The predicted octanol–water partition coefficient (Wildman–Crippen LogP) is 1.18. The number of carbonyl (C=O) groups is 1. The molecule has 6 heteroatoms. The van der Waals surface area contributed by atoms with E-state index in [2.05, 4.69) is 22.2 Å². The summed E-state index contributed by atoms with van der Waals surface area (Å²) in [7, 11) is 0. The number of alkyl carbamates (subject to hydrolysis) is 1. The molecule has 0 spiro atoms. The molecule has 6 nitrogen and oxygen atoms in total. The molecule has 0 aromatic carbocycles. The summed E-state index contributed by atoms with van der Waals surface area (Å²) in [6, 6.07) is 0.0525. The maximum absolute atomic E-state index is 11.7. The fraction of sp³-hybridized carbons (Fsp3) is 0.538. The summed E-state index contributed by atoms with van der Waals surface area (Å²) in [5, 5.41) is 5.75. The lowest BCUT2D eigenvalue weighted by atomic mass is 10.1. The zero-order valence-corrected chi connectivity index (χ0v) is 11.5. The monoisotopic (exact) mass is 264 g/mol. The molecule has 2 N–H and O–H groups in total. The van der Waals surface area contributed by atoms with E-state index in [0.29, 0.717) is 5.96 Å². The lowest BCUT2D eigenvalue weighted by Gasteiger charge is -2.30. The van der Waals surface area contributed by atoms with Crippen molar-refractivity contribution in [3.05, 3.63) is 24.9 Å². The van der Waals surface area contributed by atoms with Gasteiger partial charge in [0.15, 0.2) is 0 Å². The van der Waals surface area contributed by atoms with E-state index < -0.39 is 11.7 Å². The van der Waals surface area contributed by atoms with E-state index in [4.69, 9.17) is 4.74 Å². The maximum atomic E-state index is 11.7. The number of nitrogens with one attached hydrogen (secondary N) is 2. The highest BCUT2D eigenvalue weighted by Crippen LogP contribution is 2.17. The lowest BCUT2D eigenvalue weighted by molar-refractivity contribution is 0.0562.